The van der Waals surface area contributed by atoms with E-state index in [1.165, 1.54) is 11.6 Å². The topological polar surface area (TPSA) is 32.3 Å². The van der Waals surface area contributed by atoms with Gasteiger partial charge in [-0.3, -0.25) is 0 Å². The minimum atomic E-state index is -0.164. The van der Waals surface area contributed by atoms with E-state index >= 15 is 0 Å². The summed E-state index contributed by atoms with van der Waals surface area (Å²) in [5, 5.41) is 12.7. The molecule has 2 aromatic rings. The van der Waals surface area contributed by atoms with Gasteiger partial charge in [-0.1, -0.05) is 30.3 Å². The molecule has 0 radical (unpaired) electrons. The molecule has 2 rings (SSSR count). The van der Waals surface area contributed by atoms with Crippen molar-refractivity contribution in [2.75, 3.05) is 0 Å². The molecule has 0 aliphatic rings. The number of benzene rings is 2. The van der Waals surface area contributed by atoms with Gasteiger partial charge in [-0.15, -0.1) is 0 Å². The highest BCUT2D eigenvalue weighted by Gasteiger charge is 2.12. The predicted molar refractivity (Wildman–Crippen MR) is 83.8 cm³/mol. The summed E-state index contributed by atoms with van der Waals surface area (Å²) in [7, 11) is 0. The van der Waals surface area contributed by atoms with E-state index < -0.39 is 0 Å². The largest absolute Gasteiger partial charge is 0.508 e. The molecule has 2 N–H and O–H groups in total. The standard InChI is InChI=1S/C18H22FNO/c1-13(7-8-15-9-11-16(21)12-10-15)20-14(2)17-5-3-4-6-18(17)19/h3-6,9-14,20-21H,7-8H2,1-2H3. The van der Waals surface area contributed by atoms with Crippen LogP contribution in [0.3, 0.4) is 0 Å². The summed E-state index contributed by atoms with van der Waals surface area (Å²) in [4.78, 5) is 0. The Labute approximate surface area is 125 Å². The molecule has 2 aromatic carbocycles. The van der Waals surface area contributed by atoms with E-state index in [1.807, 2.05) is 31.2 Å². The van der Waals surface area contributed by atoms with Gasteiger partial charge in [0, 0.05) is 17.6 Å². The first-order valence-electron chi connectivity index (χ1n) is 7.34. The van der Waals surface area contributed by atoms with Crippen molar-refractivity contribution in [3.63, 3.8) is 0 Å². The Kier molecular flexibility index (Phi) is 5.34. The van der Waals surface area contributed by atoms with Crippen molar-refractivity contribution in [3.05, 3.63) is 65.5 Å². The molecule has 2 nitrogen and oxygen atoms in total. The van der Waals surface area contributed by atoms with Crippen LogP contribution in [-0.4, -0.2) is 11.1 Å². The molecule has 0 spiro atoms. The molecular formula is C18H22FNO. The zero-order valence-corrected chi connectivity index (χ0v) is 12.5. The number of aromatic hydroxyl groups is 1. The molecule has 2 atom stereocenters. The van der Waals surface area contributed by atoms with E-state index in [-0.39, 0.29) is 23.7 Å². The van der Waals surface area contributed by atoms with Gasteiger partial charge < -0.3 is 10.4 Å². The zero-order chi connectivity index (χ0) is 15.2. The van der Waals surface area contributed by atoms with Gasteiger partial charge in [0.2, 0.25) is 0 Å². The van der Waals surface area contributed by atoms with Crippen LogP contribution in [0.5, 0.6) is 5.75 Å². The third kappa shape index (κ3) is 4.57. The maximum Gasteiger partial charge on any atom is 0.127 e. The number of hydrogen-bond donors (Lipinski definition) is 2. The lowest BCUT2D eigenvalue weighted by Crippen LogP contribution is -2.29. The lowest BCUT2D eigenvalue weighted by Gasteiger charge is -2.21. The highest BCUT2D eigenvalue weighted by Crippen LogP contribution is 2.18. The quantitative estimate of drug-likeness (QED) is 0.834. The molecule has 0 aliphatic heterocycles. The Morgan fingerprint density at radius 1 is 1.05 bits per heavy atom. The molecule has 0 amide bonds. The van der Waals surface area contributed by atoms with Crippen LogP contribution in [0.4, 0.5) is 4.39 Å². The van der Waals surface area contributed by atoms with E-state index in [4.69, 9.17) is 0 Å². The first-order chi connectivity index (χ1) is 10.1. The molecule has 0 saturated carbocycles. The number of phenols is 1. The Hall–Kier alpha value is -1.87. The van der Waals surface area contributed by atoms with Crippen molar-refractivity contribution in [1.82, 2.24) is 5.32 Å². The van der Waals surface area contributed by atoms with E-state index in [2.05, 4.69) is 12.2 Å². The average molecular weight is 287 g/mol. The van der Waals surface area contributed by atoms with Crippen LogP contribution in [0, 0.1) is 5.82 Å². The lowest BCUT2D eigenvalue weighted by atomic mass is 10.0. The molecule has 0 heterocycles. The van der Waals surface area contributed by atoms with Crippen molar-refractivity contribution in [3.8, 4) is 5.75 Å². The summed E-state index contributed by atoms with van der Waals surface area (Å²) in [5.74, 6) is 0.126. The Bertz CT molecular complexity index is 568. The van der Waals surface area contributed by atoms with Crippen LogP contribution in [0.25, 0.3) is 0 Å². The van der Waals surface area contributed by atoms with Gasteiger partial charge in [0.15, 0.2) is 0 Å². The fourth-order valence-corrected chi connectivity index (χ4v) is 2.47. The normalized spacial score (nSPS) is 13.9. The van der Waals surface area contributed by atoms with Crippen LogP contribution in [-0.2, 0) is 6.42 Å². The highest BCUT2D eigenvalue weighted by molar-refractivity contribution is 5.26. The first-order valence-corrected chi connectivity index (χ1v) is 7.34. The number of aryl methyl sites for hydroxylation is 1. The maximum atomic E-state index is 13.7. The fourth-order valence-electron chi connectivity index (χ4n) is 2.47. The molecule has 0 aliphatic carbocycles. The van der Waals surface area contributed by atoms with Crippen LogP contribution in [0.2, 0.25) is 0 Å². The molecule has 0 aromatic heterocycles. The maximum absolute atomic E-state index is 13.7. The molecular weight excluding hydrogens is 265 g/mol. The summed E-state index contributed by atoms with van der Waals surface area (Å²) in [6, 6.07) is 14.4. The van der Waals surface area contributed by atoms with Crippen LogP contribution < -0.4 is 5.32 Å². The minimum absolute atomic E-state index is 0.0129. The Balaban J connectivity index is 1.85. The molecule has 0 bridgehead atoms. The van der Waals surface area contributed by atoms with E-state index in [9.17, 15) is 9.50 Å². The van der Waals surface area contributed by atoms with Crippen LogP contribution in [0.15, 0.2) is 48.5 Å². The van der Waals surface area contributed by atoms with Crippen LogP contribution >= 0.6 is 0 Å². The summed E-state index contributed by atoms with van der Waals surface area (Å²) in [5.41, 5.74) is 1.90. The third-order valence-electron chi connectivity index (χ3n) is 3.71. The Morgan fingerprint density at radius 2 is 1.71 bits per heavy atom. The fraction of sp³-hybridized carbons (Fsp3) is 0.333. The van der Waals surface area contributed by atoms with Crippen molar-refractivity contribution in [2.24, 2.45) is 0 Å². The van der Waals surface area contributed by atoms with E-state index in [1.54, 1.807) is 18.2 Å². The van der Waals surface area contributed by atoms with Gasteiger partial charge >= 0.3 is 0 Å². The van der Waals surface area contributed by atoms with Gasteiger partial charge in [0.05, 0.1) is 0 Å². The second-order valence-corrected chi connectivity index (χ2v) is 5.52. The van der Waals surface area contributed by atoms with Gasteiger partial charge in [-0.25, -0.2) is 4.39 Å². The van der Waals surface area contributed by atoms with E-state index in [0.717, 1.165) is 12.8 Å². The second-order valence-electron chi connectivity index (χ2n) is 5.52. The number of halogens is 1. The number of phenolic OH excluding ortho intramolecular Hbond substituents is 1. The summed E-state index contributed by atoms with van der Waals surface area (Å²) < 4.78 is 13.7. The lowest BCUT2D eigenvalue weighted by molar-refractivity contribution is 0.443. The highest BCUT2D eigenvalue weighted by atomic mass is 19.1. The summed E-state index contributed by atoms with van der Waals surface area (Å²) in [6.07, 6.45) is 1.89. The molecule has 0 saturated heterocycles. The monoisotopic (exact) mass is 287 g/mol. The predicted octanol–water partition coefficient (Wildman–Crippen LogP) is 4.20. The second kappa shape index (κ2) is 7.23. The Morgan fingerprint density at radius 3 is 2.38 bits per heavy atom. The summed E-state index contributed by atoms with van der Waals surface area (Å²) >= 11 is 0. The molecule has 0 fully saturated rings. The van der Waals surface area contributed by atoms with Gasteiger partial charge in [-0.2, -0.15) is 0 Å². The SMILES string of the molecule is CC(CCc1ccc(O)cc1)NC(C)c1ccccc1F. The number of nitrogens with one attached hydrogen (secondary N) is 1. The smallest absolute Gasteiger partial charge is 0.127 e. The minimum Gasteiger partial charge on any atom is -0.508 e. The van der Waals surface area contributed by atoms with Gasteiger partial charge in [0.25, 0.3) is 0 Å². The van der Waals surface area contributed by atoms with Crippen LogP contribution in [0.1, 0.15) is 37.4 Å². The molecule has 21 heavy (non-hydrogen) atoms. The number of rotatable bonds is 6. The third-order valence-corrected chi connectivity index (χ3v) is 3.71. The zero-order valence-electron chi connectivity index (χ0n) is 12.5. The van der Waals surface area contributed by atoms with Crippen molar-refractivity contribution >= 4 is 0 Å². The molecule has 112 valence electrons. The van der Waals surface area contributed by atoms with E-state index in [0.29, 0.717) is 5.56 Å². The van der Waals surface area contributed by atoms with Crippen molar-refractivity contribution in [1.29, 1.82) is 0 Å². The molecule has 3 heteroatoms. The van der Waals surface area contributed by atoms with Crippen molar-refractivity contribution in [2.45, 2.75) is 38.8 Å². The average Bonchev–Trinajstić information content (AvgIpc) is 2.47. The summed E-state index contributed by atoms with van der Waals surface area (Å²) in [6.45, 7) is 4.09. The molecule has 2 unspecified atom stereocenters. The van der Waals surface area contributed by atoms with Gasteiger partial charge in [-0.05, 0) is 50.5 Å². The first kappa shape index (κ1) is 15.5. The van der Waals surface area contributed by atoms with Crippen molar-refractivity contribution < 1.29 is 9.50 Å². The van der Waals surface area contributed by atoms with Gasteiger partial charge in [0.1, 0.15) is 11.6 Å². The number of hydrogen-bond acceptors (Lipinski definition) is 2.